The number of aliphatic carboxylic acids is 2. The van der Waals surface area contributed by atoms with E-state index in [9.17, 15) is 9.59 Å². The van der Waals surface area contributed by atoms with Gasteiger partial charge < -0.3 is 10.2 Å². The molecule has 0 aliphatic heterocycles. The number of carboxylic acids is 2. The van der Waals surface area contributed by atoms with Crippen LogP contribution in [0.2, 0.25) is 0 Å². The van der Waals surface area contributed by atoms with E-state index in [-0.39, 0.29) is 17.1 Å². The Morgan fingerprint density at radius 1 is 0.652 bits per heavy atom. The summed E-state index contributed by atoms with van der Waals surface area (Å²) in [5.41, 5.74) is 1.80. The van der Waals surface area contributed by atoms with E-state index in [0.29, 0.717) is 0 Å². The van der Waals surface area contributed by atoms with Gasteiger partial charge in [0.2, 0.25) is 0 Å². The molecular formula is C18H16CuO4. The predicted molar refractivity (Wildman–Crippen MR) is 86.2 cm³/mol. The molecule has 2 aromatic rings. The zero-order valence-electron chi connectivity index (χ0n) is 12.1. The Kier molecular flexibility index (Phi) is 10.6. The van der Waals surface area contributed by atoms with Crippen molar-refractivity contribution in [2.45, 2.75) is 0 Å². The minimum Gasteiger partial charge on any atom is -0.478 e. The summed E-state index contributed by atoms with van der Waals surface area (Å²) in [6.45, 7) is 0. The second-order valence-electron chi connectivity index (χ2n) is 4.16. The maximum atomic E-state index is 10.1. The van der Waals surface area contributed by atoms with Gasteiger partial charge in [0.15, 0.2) is 0 Å². The number of carboxylic acid groups (broad SMARTS) is 2. The quantitative estimate of drug-likeness (QED) is 0.646. The van der Waals surface area contributed by atoms with Crippen LogP contribution in [-0.4, -0.2) is 22.2 Å². The minimum atomic E-state index is -0.922. The number of benzene rings is 2. The molecule has 0 fully saturated rings. The normalized spacial score (nSPS) is 9.74. The predicted octanol–water partition coefficient (Wildman–Crippen LogP) is 3.57. The summed E-state index contributed by atoms with van der Waals surface area (Å²) in [6, 6.07) is 18.6. The third kappa shape index (κ3) is 10.7. The first-order valence-corrected chi connectivity index (χ1v) is 6.50. The molecule has 0 aliphatic carbocycles. The van der Waals surface area contributed by atoms with Crippen LogP contribution in [-0.2, 0) is 26.7 Å². The zero-order valence-corrected chi connectivity index (χ0v) is 13.0. The van der Waals surface area contributed by atoms with Crippen LogP contribution in [0.5, 0.6) is 0 Å². The van der Waals surface area contributed by atoms with Crippen LogP contribution >= 0.6 is 0 Å². The number of rotatable bonds is 4. The van der Waals surface area contributed by atoms with E-state index in [1.165, 1.54) is 0 Å². The van der Waals surface area contributed by atoms with E-state index in [0.717, 1.165) is 23.3 Å². The molecular weight excluding hydrogens is 344 g/mol. The summed E-state index contributed by atoms with van der Waals surface area (Å²) in [4.78, 5) is 20.2. The topological polar surface area (TPSA) is 74.6 Å². The molecule has 1 radical (unpaired) electrons. The summed E-state index contributed by atoms with van der Waals surface area (Å²) in [5, 5.41) is 16.6. The van der Waals surface area contributed by atoms with Crippen molar-refractivity contribution in [1.29, 1.82) is 0 Å². The molecule has 23 heavy (non-hydrogen) atoms. The Hall–Kier alpha value is -2.62. The molecule has 0 aliphatic rings. The second-order valence-corrected chi connectivity index (χ2v) is 4.16. The Morgan fingerprint density at radius 3 is 1.22 bits per heavy atom. The molecule has 5 heteroatoms. The first-order valence-electron chi connectivity index (χ1n) is 6.50. The van der Waals surface area contributed by atoms with Crippen molar-refractivity contribution in [3.05, 3.63) is 83.9 Å². The monoisotopic (exact) mass is 359 g/mol. The van der Waals surface area contributed by atoms with E-state index in [2.05, 4.69) is 0 Å². The Balaban J connectivity index is 0.000000403. The third-order valence-electron chi connectivity index (χ3n) is 2.44. The van der Waals surface area contributed by atoms with Crippen LogP contribution in [0.4, 0.5) is 0 Å². The van der Waals surface area contributed by atoms with Gasteiger partial charge in [-0.05, 0) is 23.3 Å². The standard InChI is InChI=1S/2C9H8O2.Cu/c2*10-9(11)7-6-8-4-2-1-3-5-8;/h2*1-7H,(H,10,11);. The van der Waals surface area contributed by atoms with Gasteiger partial charge in [-0.2, -0.15) is 0 Å². The molecule has 2 N–H and O–H groups in total. The van der Waals surface area contributed by atoms with Crippen LogP contribution in [0.25, 0.3) is 12.2 Å². The average molecular weight is 360 g/mol. The molecule has 0 bridgehead atoms. The van der Waals surface area contributed by atoms with Crippen molar-refractivity contribution in [3.63, 3.8) is 0 Å². The van der Waals surface area contributed by atoms with Crippen molar-refractivity contribution in [1.82, 2.24) is 0 Å². The fraction of sp³-hybridized carbons (Fsp3) is 0. The van der Waals surface area contributed by atoms with Crippen LogP contribution in [0.3, 0.4) is 0 Å². The van der Waals surface area contributed by atoms with E-state index in [1.54, 1.807) is 12.2 Å². The molecule has 0 spiro atoms. The molecule has 0 atom stereocenters. The summed E-state index contributed by atoms with van der Waals surface area (Å²) < 4.78 is 0. The van der Waals surface area contributed by atoms with Gasteiger partial charge >= 0.3 is 11.9 Å². The van der Waals surface area contributed by atoms with Gasteiger partial charge in [0.25, 0.3) is 0 Å². The van der Waals surface area contributed by atoms with Gasteiger partial charge in [-0.3, -0.25) is 0 Å². The van der Waals surface area contributed by atoms with Gasteiger partial charge in [0.1, 0.15) is 0 Å². The molecule has 0 aromatic heterocycles. The second kappa shape index (κ2) is 12.0. The van der Waals surface area contributed by atoms with Crippen LogP contribution in [0, 0.1) is 0 Å². The summed E-state index contributed by atoms with van der Waals surface area (Å²) in [7, 11) is 0. The summed E-state index contributed by atoms with van der Waals surface area (Å²) in [5.74, 6) is -1.84. The third-order valence-corrected chi connectivity index (χ3v) is 2.44. The molecule has 123 valence electrons. The molecule has 0 saturated carbocycles. The van der Waals surface area contributed by atoms with E-state index >= 15 is 0 Å². The van der Waals surface area contributed by atoms with Gasteiger partial charge in [-0.15, -0.1) is 0 Å². The molecule has 2 aromatic carbocycles. The van der Waals surface area contributed by atoms with Crippen molar-refractivity contribution in [2.24, 2.45) is 0 Å². The van der Waals surface area contributed by atoms with Crippen molar-refractivity contribution < 1.29 is 36.9 Å². The van der Waals surface area contributed by atoms with Gasteiger partial charge in [-0.1, -0.05) is 60.7 Å². The zero-order chi connectivity index (χ0) is 16.2. The minimum absolute atomic E-state index is 0. The van der Waals surface area contributed by atoms with Gasteiger partial charge in [0.05, 0.1) is 0 Å². The summed E-state index contributed by atoms with van der Waals surface area (Å²) in [6.07, 6.45) is 5.36. The van der Waals surface area contributed by atoms with E-state index in [4.69, 9.17) is 10.2 Å². The van der Waals surface area contributed by atoms with Gasteiger partial charge in [0, 0.05) is 29.2 Å². The first kappa shape index (κ1) is 20.4. The number of hydrogen-bond donors (Lipinski definition) is 2. The smallest absolute Gasteiger partial charge is 0.328 e. The maximum absolute atomic E-state index is 10.1. The van der Waals surface area contributed by atoms with Crippen LogP contribution in [0.1, 0.15) is 11.1 Å². The maximum Gasteiger partial charge on any atom is 0.328 e. The van der Waals surface area contributed by atoms with Gasteiger partial charge in [-0.25, -0.2) is 9.59 Å². The Labute approximate surface area is 145 Å². The fourth-order valence-corrected chi connectivity index (χ4v) is 1.46. The number of carbonyl (C=O) groups is 2. The summed E-state index contributed by atoms with van der Waals surface area (Å²) >= 11 is 0. The first-order chi connectivity index (χ1) is 10.6. The van der Waals surface area contributed by atoms with Crippen LogP contribution in [0.15, 0.2) is 72.8 Å². The van der Waals surface area contributed by atoms with Crippen molar-refractivity contribution in [2.75, 3.05) is 0 Å². The van der Waals surface area contributed by atoms with E-state index in [1.807, 2.05) is 60.7 Å². The Bertz CT molecular complexity index is 590. The average Bonchev–Trinajstić information content (AvgIpc) is 2.53. The fourth-order valence-electron chi connectivity index (χ4n) is 1.46. The van der Waals surface area contributed by atoms with Crippen molar-refractivity contribution >= 4 is 24.1 Å². The van der Waals surface area contributed by atoms with Crippen molar-refractivity contribution in [3.8, 4) is 0 Å². The Morgan fingerprint density at radius 2 is 0.957 bits per heavy atom. The molecule has 0 amide bonds. The molecule has 2 rings (SSSR count). The molecule has 0 unspecified atom stereocenters. The SMILES string of the molecule is O=C(O)C=Cc1ccccc1.O=C(O)C=Cc1ccccc1.[Cu]. The molecule has 4 nitrogen and oxygen atoms in total. The number of hydrogen-bond acceptors (Lipinski definition) is 2. The largest absolute Gasteiger partial charge is 0.478 e. The molecule has 0 heterocycles. The van der Waals surface area contributed by atoms with Crippen LogP contribution < -0.4 is 0 Å². The van der Waals surface area contributed by atoms with E-state index < -0.39 is 11.9 Å². The molecule has 0 saturated heterocycles.